The molecule has 102 valence electrons. The van der Waals surface area contributed by atoms with Gasteiger partial charge in [-0.25, -0.2) is 4.98 Å². The standard InChI is InChI=1S/C14H10Cl2N2O2/c15-8-1-4-12(10(16)5-8)19-7-14-18-11-3-2-9(17)6-13(11)20-14/h1-6H,7,17H2. The molecule has 1 heterocycles. The quantitative estimate of drug-likeness (QED) is 0.733. The molecule has 0 bridgehead atoms. The predicted molar refractivity (Wildman–Crippen MR) is 79.2 cm³/mol. The number of nitrogens with two attached hydrogens (primary N) is 1. The van der Waals surface area contributed by atoms with Gasteiger partial charge in [-0.15, -0.1) is 0 Å². The smallest absolute Gasteiger partial charge is 0.233 e. The molecule has 6 heteroatoms. The number of ether oxygens (including phenoxy) is 1. The Morgan fingerprint density at radius 2 is 2.00 bits per heavy atom. The number of anilines is 1. The highest BCUT2D eigenvalue weighted by Crippen LogP contribution is 2.28. The summed E-state index contributed by atoms with van der Waals surface area (Å²) in [6.45, 7) is 0.177. The molecule has 4 nitrogen and oxygen atoms in total. The van der Waals surface area contributed by atoms with Gasteiger partial charge in [-0.1, -0.05) is 23.2 Å². The van der Waals surface area contributed by atoms with E-state index in [4.69, 9.17) is 38.1 Å². The number of hydrogen-bond acceptors (Lipinski definition) is 4. The van der Waals surface area contributed by atoms with Crippen LogP contribution in [0.4, 0.5) is 5.69 Å². The number of hydrogen-bond donors (Lipinski definition) is 1. The van der Waals surface area contributed by atoms with Gasteiger partial charge in [0.25, 0.3) is 0 Å². The van der Waals surface area contributed by atoms with Gasteiger partial charge in [-0.2, -0.15) is 0 Å². The Hall–Kier alpha value is -1.91. The van der Waals surface area contributed by atoms with Gasteiger partial charge >= 0.3 is 0 Å². The van der Waals surface area contributed by atoms with Crippen molar-refractivity contribution in [2.45, 2.75) is 6.61 Å². The number of fused-ring (bicyclic) bond motifs is 1. The largest absolute Gasteiger partial charge is 0.482 e. The second kappa shape index (κ2) is 5.23. The van der Waals surface area contributed by atoms with Crippen molar-refractivity contribution < 1.29 is 9.15 Å². The van der Waals surface area contributed by atoms with E-state index in [9.17, 15) is 0 Å². The summed E-state index contributed by atoms with van der Waals surface area (Å²) in [6.07, 6.45) is 0. The van der Waals surface area contributed by atoms with E-state index < -0.39 is 0 Å². The van der Waals surface area contributed by atoms with E-state index in [1.807, 2.05) is 0 Å². The van der Waals surface area contributed by atoms with E-state index in [2.05, 4.69) is 4.98 Å². The number of oxazole rings is 1. The molecular formula is C14H10Cl2N2O2. The van der Waals surface area contributed by atoms with Gasteiger partial charge in [0.1, 0.15) is 11.3 Å². The van der Waals surface area contributed by atoms with Crippen LogP contribution in [-0.2, 0) is 6.61 Å². The van der Waals surface area contributed by atoms with Crippen molar-refractivity contribution in [2.75, 3.05) is 5.73 Å². The summed E-state index contributed by atoms with van der Waals surface area (Å²) in [4.78, 5) is 4.30. The first-order valence-corrected chi connectivity index (χ1v) is 6.60. The molecule has 0 radical (unpaired) electrons. The first kappa shape index (κ1) is 13.1. The van der Waals surface area contributed by atoms with Gasteiger partial charge in [0.05, 0.1) is 5.02 Å². The maximum Gasteiger partial charge on any atom is 0.233 e. The lowest BCUT2D eigenvalue weighted by atomic mass is 10.3. The molecule has 0 aliphatic rings. The second-order valence-electron chi connectivity index (χ2n) is 4.20. The number of nitrogen functional groups attached to an aromatic ring is 1. The minimum atomic E-state index is 0.177. The first-order chi connectivity index (χ1) is 9.61. The van der Waals surface area contributed by atoms with Crippen molar-refractivity contribution in [3.05, 3.63) is 52.3 Å². The number of rotatable bonds is 3. The van der Waals surface area contributed by atoms with Crippen molar-refractivity contribution in [3.63, 3.8) is 0 Å². The summed E-state index contributed by atoms with van der Waals surface area (Å²) in [7, 11) is 0. The Morgan fingerprint density at radius 3 is 2.80 bits per heavy atom. The lowest BCUT2D eigenvalue weighted by molar-refractivity contribution is 0.267. The van der Waals surface area contributed by atoms with Crippen LogP contribution < -0.4 is 10.5 Å². The Bertz CT molecular complexity index is 771. The molecule has 0 aliphatic heterocycles. The Balaban J connectivity index is 1.79. The number of aromatic nitrogens is 1. The summed E-state index contributed by atoms with van der Waals surface area (Å²) in [6, 6.07) is 10.3. The third kappa shape index (κ3) is 2.66. The van der Waals surface area contributed by atoms with E-state index in [1.165, 1.54) is 0 Å². The van der Waals surface area contributed by atoms with Crippen LogP contribution in [0.5, 0.6) is 5.75 Å². The van der Waals surface area contributed by atoms with Gasteiger partial charge < -0.3 is 14.9 Å². The second-order valence-corrected chi connectivity index (χ2v) is 5.04. The molecule has 0 amide bonds. The van der Waals surface area contributed by atoms with Crippen molar-refractivity contribution >= 4 is 40.0 Å². The molecule has 0 aliphatic carbocycles. The van der Waals surface area contributed by atoms with Gasteiger partial charge in [-0.05, 0) is 30.3 Å². The lowest BCUT2D eigenvalue weighted by Gasteiger charge is -2.05. The van der Waals surface area contributed by atoms with E-state index in [0.717, 1.165) is 5.52 Å². The number of nitrogens with zero attached hydrogens (tertiary/aromatic N) is 1. The fourth-order valence-corrected chi connectivity index (χ4v) is 2.25. The highest BCUT2D eigenvalue weighted by Gasteiger charge is 2.08. The molecule has 2 N–H and O–H groups in total. The van der Waals surface area contributed by atoms with Crippen molar-refractivity contribution in [2.24, 2.45) is 0 Å². The summed E-state index contributed by atoms with van der Waals surface area (Å²) in [5, 5.41) is 0.998. The molecule has 1 aromatic heterocycles. The van der Waals surface area contributed by atoms with Crippen LogP contribution in [0.25, 0.3) is 11.1 Å². The van der Waals surface area contributed by atoms with Crippen molar-refractivity contribution in [1.29, 1.82) is 0 Å². The van der Waals surface area contributed by atoms with E-state index in [-0.39, 0.29) is 6.61 Å². The van der Waals surface area contributed by atoms with E-state index >= 15 is 0 Å². The Morgan fingerprint density at radius 1 is 1.15 bits per heavy atom. The third-order valence-corrected chi connectivity index (χ3v) is 3.23. The molecular weight excluding hydrogens is 299 g/mol. The van der Waals surface area contributed by atoms with Gasteiger partial charge in [0, 0.05) is 16.8 Å². The summed E-state index contributed by atoms with van der Waals surface area (Å²) in [5.74, 6) is 0.981. The monoisotopic (exact) mass is 308 g/mol. The maximum absolute atomic E-state index is 6.02. The minimum Gasteiger partial charge on any atom is -0.482 e. The molecule has 0 spiro atoms. The zero-order valence-corrected chi connectivity index (χ0v) is 11.8. The van der Waals surface area contributed by atoms with Crippen LogP contribution >= 0.6 is 23.2 Å². The highest BCUT2D eigenvalue weighted by atomic mass is 35.5. The average Bonchev–Trinajstić information content (AvgIpc) is 2.79. The molecule has 0 atom stereocenters. The Kier molecular flexibility index (Phi) is 3.42. The fraction of sp³-hybridized carbons (Fsp3) is 0.0714. The van der Waals surface area contributed by atoms with Gasteiger partial charge in [-0.3, -0.25) is 0 Å². The molecule has 2 aromatic carbocycles. The molecule has 20 heavy (non-hydrogen) atoms. The maximum atomic E-state index is 6.02. The normalized spacial score (nSPS) is 10.9. The molecule has 0 unspecified atom stereocenters. The summed E-state index contributed by atoms with van der Waals surface area (Å²) >= 11 is 11.8. The van der Waals surface area contributed by atoms with Gasteiger partial charge in [0.2, 0.25) is 5.89 Å². The SMILES string of the molecule is Nc1ccc2nc(COc3ccc(Cl)cc3Cl)oc2c1. The Labute approximate surface area is 125 Å². The van der Waals surface area contributed by atoms with Crippen molar-refractivity contribution in [1.82, 2.24) is 4.98 Å². The van der Waals surface area contributed by atoms with Crippen LogP contribution in [0.3, 0.4) is 0 Å². The minimum absolute atomic E-state index is 0.177. The zero-order chi connectivity index (χ0) is 14.1. The predicted octanol–water partition coefficient (Wildman–Crippen LogP) is 4.30. The molecule has 0 saturated carbocycles. The summed E-state index contributed by atoms with van der Waals surface area (Å²) in [5.41, 5.74) is 7.68. The van der Waals surface area contributed by atoms with Crippen LogP contribution in [-0.4, -0.2) is 4.98 Å². The first-order valence-electron chi connectivity index (χ1n) is 5.84. The molecule has 0 saturated heterocycles. The molecule has 3 aromatic rings. The van der Waals surface area contributed by atoms with Crippen LogP contribution in [0.1, 0.15) is 5.89 Å². The average molecular weight is 309 g/mol. The summed E-state index contributed by atoms with van der Waals surface area (Å²) < 4.78 is 11.1. The van der Waals surface area contributed by atoms with Crippen LogP contribution in [0.2, 0.25) is 10.0 Å². The molecule has 3 rings (SSSR count). The fourth-order valence-electron chi connectivity index (χ4n) is 1.78. The molecule has 0 fully saturated rings. The topological polar surface area (TPSA) is 61.3 Å². The third-order valence-electron chi connectivity index (χ3n) is 2.70. The van der Waals surface area contributed by atoms with Crippen LogP contribution in [0.15, 0.2) is 40.8 Å². The number of halogens is 2. The van der Waals surface area contributed by atoms with Crippen molar-refractivity contribution in [3.8, 4) is 5.75 Å². The lowest BCUT2D eigenvalue weighted by Crippen LogP contribution is -1.95. The van der Waals surface area contributed by atoms with E-state index in [1.54, 1.807) is 36.4 Å². The van der Waals surface area contributed by atoms with Gasteiger partial charge in [0.15, 0.2) is 12.2 Å². The highest BCUT2D eigenvalue weighted by molar-refractivity contribution is 6.35. The zero-order valence-electron chi connectivity index (χ0n) is 10.3. The van der Waals surface area contributed by atoms with E-state index in [0.29, 0.717) is 33.0 Å². The number of benzene rings is 2. The van der Waals surface area contributed by atoms with Crippen LogP contribution in [0, 0.1) is 0 Å².